The topological polar surface area (TPSA) is 83.3 Å². The summed E-state index contributed by atoms with van der Waals surface area (Å²) < 4.78 is 1.59. The number of nitrogens with one attached hydrogen (secondary N) is 1. The second kappa shape index (κ2) is 7.00. The summed E-state index contributed by atoms with van der Waals surface area (Å²) in [6, 6.07) is 5.74. The van der Waals surface area contributed by atoms with E-state index in [1.165, 1.54) is 0 Å². The van der Waals surface area contributed by atoms with Gasteiger partial charge in [-0.15, -0.1) is 0 Å². The van der Waals surface area contributed by atoms with E-state index in [4.69, 9.17) is 0 Å². The van der Waals surface area contributed by atoms with Gasteiger partial charge in [-0.2, -0.15) is 5.10 Å². The molecule has 0 bridgehead atoms. The molecule has 0 spiro atoms. The maximum atomic E-state index is 12.0. The number of piperidine rings is 1. The minimum Gasteiger partial charge on any atom is -0.386 e. The first kappa shape index (κ1) is 16.4. The van der Waals surface area contributed by atoms with Crippen LogP contribution in [0, 0.1) is 6.92 Å². The van der Waals surface area contributed by atoms with E-state index in [1.807, 2.05) is 31.3 Å². The van der Waals surface area contributed by atoms with Gasteiger partial charge in [-0.1, -0.05) is 6.07 Å². The third-order valence-corrected chi connectivity index (χ3v) is 4.21. The number of amides is 1. The predicted octanol–water partition coefficient (Wildman–Crippen LogP) is 0.734. The largest absolute Gasteiger partial charge is 0.386 e. The maximum Gasteiger partial charge on any atom is 0.241 e. The van der Waals surface area contributed by atoms with E-state index in [1.54, 1.807) is 17.1 Å². The molecule has 3 heterocycles. The zero-order valence-electron chi connectivity index (χ0n) is 13.9. The van der Waals surface area contributed by atoms with Gasteiger partial charge in [-0.05, 0) is 37.5 Å². The van der Waals surface area contributed by atoms with Crippen molar-refractivity contribution in [3.05, 3.63) is 42.4 Å². The number of anilines is 1. The molecule has 1 atom stereocenters. The molecule has 1 fully saturated rings. The summed E-state index contributed by atoms with van der Waals surface area (Å²) in [6.45, 7) is 3.65. The van der Waals surface area contributed by atoms with Gasteiger partial charge >= 0.3 is 0 Å². The summed E-state index contributed by atoms with van der Waals surface area (Å²) in [6.07, 6.45) is 6.81. The Morgan fingerprint density at radius 2 is 2.33 bits per heavy atom. The van der Waals surface area contributed by atoms with Crippen molar-refractivity contribution < 1.29 is 9.90 Å². The lowest BCUT2D eigenvalue weighted by atomic mass is 9.92. The Bertz CT molecular complexity index is 687. The molecule has 7 nitrogen and oxygen atoms in total. The lowest BCUT2D eigenvalue weighted by Gasteiger charge is -2.39. The first-order valence-corrected chi connectivity index (χ1v) is 8.18. The van der Waals surface area contributed by atoms with Crippen molar-refractivity contribution in [2.75, 3.05) is 24.5 Å². The Balaban J connectivity index is 1.54. The smallest absolute Gasteiger partial charge is 0.241 e. The van der Waals surface area contributed by atoms with Gasteiger partial charge in [-0.3, -0.25) is 9.48 Å². The molecule has 1 amide bonds. The predicted molar refractivity (Wildman–Crippen MR) is 90.6 cm³/mol. The molecule has 0 aliphatic carbocycles. The van der Waals surface area contributed by atoms with Crippen molar-refractivity contribution in [1.29, 1.82) is 0 Å². The zero-order valence-corrected chi connectivity index (χ0v) is 13.9. The molecule has 0 saturated carbocycles. The van der Waals surface area contributed by atoms with Crippen LogP contribution in [0.2, 0.25) is 0 Å². The number of carbonyl (C=O) groups excluding carboxylic acids is 1. The fourth-order valence-electron chi connectivity index (χ4n) is 3.01. The highest BCUT2D eigenvalue weighted by atomic mass is 16.3. The molecule has 24 heavy (non-hydrogen) atoms. The molecule has 1 saturated heterocycles. The number of nitrogens with zero attached hydrogens (tertiary/aromatic N) is 4. The number of aliphatic hydroxyl groups is 1. The Morgan fingerprint density at radius 3 is 3.04 bits per heavy atom. The minimum atomic E-state index is -0.939. The molecule has 2 aromatic heterocycles. The van der Waals surface area contributed by atoms with Crippen LogP contribution < -0.4 is 10.2 Å². The first-order chi connectivity index (χ1) is 11.5. The summed E-state index contributed by atoms with van der Waals surface area (Å²) in [5.41, 5.74) is 0.0746. The fraction of sp³-hybridized carbons (Fsp3) is 0.471. The Hall–Kier alpha value is -2.41. The summed E-state index contributed by atoms with van der Waals surface area (Å²) in [7, 11) is 0. The van der Waals surface area contributed by atoms with E-state index in [-0.39, 0.29) is 19.0 Å². The fourth-order valence-corrected chi connectivity index (χ4v) is 3.01. The third kappa shape index (κ3) is 4.11. The second-order valence-electron chi connectivity index (χ2n) is 6.43. The van der Waals surface area contributed by atoms with E-state index in [2.05, 4.69) is 20.3 Å². The Morgan fingerprint density at radius 1 is 1.46 bits per heavy atom. The standard InChI is InChI=1S/C17H23N5O2/c1-14-9-20-22(10-14)11-16(23)19-12-17(24)6-4-8-21(13-17)15-5-2-3-7-18-15/h2-3,5,7,9-10,24H,4,6,8,11-13H2,1H3,(H,19,23)/t17-/m1/s1. The molecule has 1 aliphatic heterocycles. The first-order valence-electron chi connectivity index (χ1n) is 8.18. The van der Waals surface area contributed by atoms with Gasteiger partial charge in [-0.25, -0.2) is 4.98 Å². The highest BCUT2D eigenvalue weighted by Crippen LogP contribution is 2.24. The lowest BCUT2D eigenvalue weighted by molar-refractivity contribution is -0.123. The van der Waals surface area contributed by atoms with Gasteiger partial charge in [0.2, 0.25) is 5.91 Å². The average molecular weight is 329 g/mol. The van der Waals surface area contributed by atoms with Gasteiger partial charge in [0.15, 0.2) is 0 Å². The highest BCUT2D eigenvalue weighted by Gasteiger charge is 2.34. The van der Waals surface area contributed by atoms with E-state index < -0.39 is 5.60 Å². The minimum absolute atomic E-state index is 0.151. The Labute approximate surface area is 141 Å². The average Bonchev–Trinajstić information content (AvgIpc) is 2.99. The van der Waals surface area contributed by atoms with Gasteiger partial charge in [0.05, 0.1) is 11.8 Å². The molecule has 0 unspecified atom stereocenters. The van der Waals surface area contributed by atoms with Gasteiger partial charge < -0.3 is 15.3 Å². The number of rotatable bonds is 5. The summed E-state index contributed by atoms with van der Waals surface area (Å²) in [5.74, 6) is 0.704. The number of aryl methyl sites for hydroxylation is 1. The quantitative estimate of drug-likeness (QED) is 0.845. The molecular weight excluding hydrogens is 306 g/mol. The molecule has 2 aromatic rings. The van der Waals surface area contributed by atoms with Gasteiger partial charge in [0, 0.05) is 32.0 Å². The number of aromatic nitrogens is 3. The van der Waals surface area contributed by atoms with Crippen LogP contribution in [0.25, 0.3) is 0 Å². The van der Waals surface area contributed by atoms with Crippen LogP contribution in [0.4, 0.5) is 5.82 Å². The van der Waals surface area contributed by atoms with Crippen molar-refractivity contribution in [3.8, 4) is 0 Å². The van der Waals surface area contributed by atoms with Crippen molar-refractivity contribution in [2.24, 2.45) is 0 Å². The monoisotopic (exact) mass is 329 g/mol. The maximum absolute atomic E-state index is 12.0. The SMILES string of the molecule is Cc1cnn(CC(=O)NC[C@]2(O)CCCN(c3ccccn3)C2)c1. The highest BCUT2D eigenvalue weighted by molar-refractivity contribution is 5.75. The van der Waals surface area contributed by atoms with Crippen LogP contribution in [0.15, 0.2) is 36.8 Å². The van der Waals surface area contributed by atoms with Crippen molar-refractivity contribution in [2.45, 2.75) is 31.9 Å². The molecule has 7 heteroatoms. The third-order valence-electron chi connectivity index (χ3n) is 4.21. The van der Waals surface area contributed by atoms with E-state index >= 15 is 0 Å². The number of β-amino-alcohol motifs (C(OH)–C–C–N with tert-alkyl or cyclic N) is 1. The lowest BCUT2D eigenvalue weighted by Crippen LogP contribution is -2.54. The van der Waals surface area contributed by atoms with E-state index in [0.717, 1.165) is 24.3 Å². The molecule has 128 valence electrons. The van der Waals surface area contributed by atoms with Crippen LogP contribution in [0.1, 0.15) is 18.4 Å². The molecular formula is C17H23N5O2. The molecule has 0 aromatic carbocycles. The van der Waals surface area contributed by atoms with E-state index in [9.17, 15) is 9.90 Å². The molecule has 1 aliphatic rings. The summed E-state index contributed by atoms with van der Waals surface area (Å²) in [5, 5.41) is 17.7. The van der Waals surface area contributed by atoms with E-state index in [0.29, 0.717) is 13.0 Å². The zero-order chi connectivity index (χ0) is 17.0. The van der Waals surface area contributed by atoms with Crippen molar-refractivity contribution >= 4 is 11.7 Å². The second-order valence-corrected chi connectivity index (χ2v) is 6.43. The number of pyridine rings is 1. The number of carbonyl (C=O) groups is 1. The Kier molecular flexibility index (Phi) is 4.80. The van der Waals surface area contributed by atoms with Crippen LogP contribution in [0.3, 0.4) is 0 Å². The number of hydrogen-bond donors (Lipinski definition) is 2. The van der Waals surface area contributed by atoms with Crippen LogP contribution in [-0.4, -0.2) is 51.0 Å². The normalized spacial score (nSPS) is 20.8. The van der Waals surface area contributed by atoms with Crippen LogP contribution in [0.5, 0.6) is 0 Å². The molecule has 0 radical (unpaired) electrons. The van der Waals surface area contributed by atoms with Crippen molar-refractivity contribution in [3.63, 3.8) is 0 Å². The van der Waals surface area contributed by atoms with Crippen molar-refractivity contribution in [1.82, 2.24) is 20.1 Å². The molecule has 3 rings (SSSR count). The van der Waals surface area contributed by atoms with Crippen LogP contribution >= 0.6 is 0 Å². The summed E-state index contributed by atoms with van der Waals surface area (Å²) >= 11 is 0. The molecule has 2 N–H and O–H groups in total. The number of hydrogen-bond acceptors (Lipinski definition) is 5. The summed E-state index contributed by atoms with van der Waals surface area (Å²) in [4.78, 5) is 18.4. The van der Waals surface area contributed by atoms with Crippen LogP contribution in [-0.2, 0) is 11.3 Å². The van der Waals surface area contributed by atoms with Gasteiger partial charge in [0.25, 0.3) is 0 Å². The van der Waals surface area contributed by atoms with Gasteiger partial charge in [0.1, 0.15) is 12.4 Å².